The van der Waals surface area contributed by atoms with Crippen LogP contribution in [0.3, 0.4) is 0 Å². The van der Waals surface area contributed by atoms with E-state index in [1.165, 1.54) is 12.1 Å². The Labute approximate surface area is 132 Å². The molecule has 0 aliphatic carbocycles. The molecule has 2 aromatic rings. The third-order valence-corrected chi connectivity index (χ3v) is 4.34. The zero-order valence-electron chi connectivity index (χ0n) is 12.9. The van der Waals surface area contributed by atoms with Crippen LogP contribution in [0.15, 0.2) is 23.0 Å². The van der Waals surface area contributed by atoms with Gasteiger partial charge in [-0.2, -0.15) is 0 Å². The number of carboxylic acid groups (broad SMARTS) is 1. The Kier molecular flexibility index (Phi) is 4.04. The van der Waals surface area contributed by atoms with E-state index in [9.17, 15) is 14.7 Å². The van der Waals surface area contributed by atoms with Gasteiger partial charge in [0, 0.05) is 32.2 Å². The van der Waals surface area contributed by atoms with Crippen LogP contribution in [0, 0.1) is 5.92 Å². The highest BCUT2D eigenvalue weighted by Gasteiger charge is 2.26. The topological polar surface area (TPSA) is 95.7 Å². The van der Waals surface area contributed by atoms with Crippen molar-refractivity contribution in [1.29, 1.82) is 0 Å². The maximum atomic E-state index is 12.7. The molecule has 1 aliphatic heterocycles. The van der Waals surface area contributed by atoms with Crippen molar-refractivity contribution >= 4 is 22.8 Å². The Morgan fingerprint density at radius 3 is 2.83 bits per heavy atom. The normalized spacial score (nSPS) is 17.8. The number of hydrogen-bond acceptors (Lipinski definition) is 5. The molecule has 0 bridgehead atoms. The van der Waals surface area contributed by atoms with Gasteiger partial charge >= 0.3 is 5.97 Å². The molecule has 23 heavy (non-hydrogen) atoms. The van der Waals surface area contributed by atoms with Crippen LogP contribution >= 0.6 is 0 Å². The van der Waals surface area contributed by atoms with E-state index in [1.807, 2.05) is 11.8 Å². The van der Waals surface area contributed by atoms with Crippen molar-refractivity contribution < 1.29 is 15.0 Å². The molecule has 7 heteroatoms. The van der Waals surface area contributed by atoms with E-state index in [4.69, 9.17) is 5.11 Å². The standard InChI is InChI=1S/C16H19N3O4/c1-2-19-13-7-11(16(22)23)3-4-12(13)17-14(15(19)21)18-6-5-10(8-18)9-20/h3-4,7,10,20H,2,5-6,8-9H2,1H3,(H,22,23)/t10-/m1/s1. The van der Waals surface area contributed by atoms with Gasteiger partial charge in [0.25, 0.3) is 5.56 Å². The second-order valence-electron chi connectivity index (χ2n) is 5.78. The van der Waals surface area contributed by atoms with Crippen LogP contribution in [0.5, 0.6) is 0 Å². The first kappa shape index (κ1) is 15.5. The molecule has 2 N–H and O–H groups in total. The van der Waals surface area contributed by atoms with Gasteiger partial charge in [-0.15, -0.1) is 0 Å². The van der Waals surface area contributed by atoms with Gasteiger partial charge in [-0.3, -0.25) is 4.79 Å². The molecule has 1 aliphatic rings. The van der Waals surface area contributed by atoms with Crippen LogP contribution in [0.4, 0.5) is 5.82 Å². The van der Waals surface area contributed by atoms with Gasteiger partial charge in [-0.05, 0) is 31.5 Å². The first-order chi connectivity index (χ1) is 11.0. The fourth-order valence-electron chi connectivity index (χ4n) is 3.05. The smallest absolute Gasteiger partial charge is 0.335 e. The Hall–Kier alpha value is -2.41. The first-order valence-corrected chi connectivity index (χ1v) is 7.68. The maximum absolute atomic E-state index is 12.7. The number of benzene rings is 1. The van der Waals surface area contributed by atoms with Crippen molar-refractivity contribution in [2.75, 3.05) is 24.6 Å². The van der Waals surface area contributed by atoms with Crippen molar-refractivity contribution in [2.24, 2.45) is 5.92 Å². The van der Waals surface area contributed by atoms with E-state index in [1.54, 1.807) is 10.6 Å². The minimum atomic E-state index is -1.03. The monoisotopic (exact) mass is 317 g/mol. The Bertz CT molecular complexity index is 815. The lowest BCUT2D eigenvalue weighted by molar-refractivity contribution is 0.0697. The summed E-state index contributed by atoms with van der Waals surface area (Å²) in [5.41, 5.74) is 1.04. The predicted molar refractivity (Wildman–Crippen MR) is 86.0 cm³/mol. The summed E-state index contributed by atoms with van der Waals surface area (Å²) in [6, 6.07) is 4.61. The number of anilines is 1. The lowest BCUT2D eigenvalue weighted by Gasteiger charge is -2.19. The number of aromatic carboxylic acids is 1. The molecule has 0 amide bonds. The van der Waals surface area contributed by atoms with E-state index in [-0.39, 0.29) is 23.6 Å². The Morgan fingerprint density at radius 1 is 1.43 bits per heavy atom. The lowest BCUT2D eigenvalue weighted by atomic mass is 10.1. The van der Waals surface area contributed by atoms with Gasteiger partial charge in [0.15, 0.2) is 5.82 Å². The highest BCUT2D eigenvalue weighted by molar-refractivity contribution is 5.92. The zero-order chi connectivity index (χ0) is 16.6. The van der Waals surface area contributed by atoms with Crippen LogP contribution in [0.25, 0.3) is 11.0 Å². The molecule has 122 valence electrons. The van der Waals surface area contributed by atoms with Gasteiger partial charge in [0.2, 0.25) is 0 Å². The highest BCUT2D eigenvalue weighted by atomic mass is 16.4. The average molecular weight is 317 g/mol. The summed E-state index contributed by atoms with van der Waals surface area (Å²) in [6.07, 6.45) is 0.833. The van der Waals surface area contributed by atoms with Gasteiger partial charge in [-0.1, -0.05) is 0 Å². The maximum Gasteiger partial charge on any atom is 0.335 e. The summed E-state index contributed by atoms with van der Waals surface area (Å²) in [5.74, 6) is -0.494. The van der Waals surface area contributed by atoms with Gasteiger partial charge < -0.3 is 19.7 Å². The fraction of sp³-hybridized carbons (Fsp3) is 0.438. The lowest BCUT2D eigenvalue weighted by Crippen LogP contribution is -2.32. The van der Waals surface area contributed by atoms with Crippen LogP contribution in [-0.4, -0.2) is 45.4 Å². The molecule has 1 aromatic carbocycles. The van der Waals surface area contributed by atoms with Crippen LogP contribution < -0.4 is 10.5 Å². The van der Waals surface area contributed by atoms with Gasteiger partial charge in [0.1, 0.15) is 0 Å². The van der Waals surface area contributed by atoms with E-state index in [2.05, 4.69) is 4.98 Å². The SMILES string of the molecule is CCn1c(=O)c(N2CC[C@@H](CO)C2)nc2ccc(C(=O)O)cc21. The van der Waals surface area contributed by atoms with Crippen molar-refractivity contribution in [3.05, 3.63) is 34.1 Å². The van der Waals surface area contributed by atoms with Crippen LogP contribution in [0.2, 0.25) is 0 Å². The number of hydrogen-bond donors (Lipinski definition) is 2. The number of carboxylic acids is 1. The molecule has 0 unspecified atom stereocenters. The largest absolute Gasteiger partial charge is 0.478 e. The summed E-state index contributed by atoms with van der Waals surface area (Å²) in [6.45, 7) is 3.69. The third-order valence-electron chi connectivity index (χ3n) is 4.34. The number of nitrogens with zero attached hydrogens (tertiary/aromatic N) is 3. The molecule has 3 rings (SSSR count). The summed E-state index contributed by atoms with van der Waals surface area (Å²) >= 11 is 0. The summed E-state index contributed by atoms with van der Waals surface area (Å²) in [5, 5.41) is 18.4. The quantitative estimate of drug-likeness (QED) is 0.871. The molecule has 1 atom stereocenters. The number of rotatable bonds is 4. The number of aryl methyl sites for hydroxylation is 1. The molecule has 7 nitrogen and oxygen atoms in total. The van der Waals surface area contributed by atoms with Gasteiger partial charge in [0.05, 0.1) is 16.6 Å². The van der Waals surface area contributed by atoms with Crippen molar-refractivity contribution in [1.82, 2.24) is 9.55 Å². The van der Waals surface area contributed by atoms with E-state index in [0.717, 1.165) is 6.42 Å². The number of aliphatic hydroxyl groups is 1. The molecule has 0 saturated carbocycles. The average Bonchev–Trinajstić information content (AvgIpc) is 3.02. The zero-order valence-corrected chi connectivity index (χ0v) is 12.9. The first-order valence-electron chi connectivity index (χ1n) is 7.68. The highest BCUT2D eigenvalue weighted by Crippen LogP contribution is 2.22. The fourth-order valence-corrected chi connectivity index (χ4v) is 3.05. The van der Waals surface area contributed by atoms with Crippen LogP contribution in [-0.2, 0) is 6.54 Å². The number of aliphatic hydroxyl groups excluding tert-OH is 1. The third kappa shape index (κ3) is 2.68. The molecule has 2 heterocycles. The van der Waals surface area contributed by atoms with Crippen molar-refractivity contribution in [3.8, 4) is 0 Å². The minimum absolute atomic E-state index is 0.105. The van der Waals surface area contributed by atoms with Crippen molar-refractivity contribution in [3.63, 3.8) is 0 Å². The minimum Gasteiger partial charge on any atom is -0.478 e. The summed E-state index contributed by atoms with van der Waals surface area (Å²) in [7, 11) is 0. The van der Waals surface area contributed by atoms with E-state index in [0.29, 0.717) is 36.5 Å². The molecule has 1 fully saturated rings. The number of carbonyl (C=O) groups is 1. The molecular weight excluding hydrogens is 298 g/mol. The second kappa shape index (κ2) is 6.00. The summed E-state index contributed by atoms with van der Waals surface area (Å²) in [4.78, 5) is 30.2. The number of aromatic nitrogens is 2. The molecule has 0 spiro atoms. The van der Waals surface area contributed by atoms with E-state index < -0.39 is 5.97 Å². The predicted octanol–water partition coefficient (Wildman–Crippen LogP) is 0.933. The van der Waals surface area contributed by atoms with Crippen molar-refractivity contribution in [2.45, 2.75) is 19.9 Å². The molecule has 0 radical (unpaired) electrons. The molecule has 1 saturated heterocycles. The Morgan fingerprint density at radius 2 is 2.22 bits per heavy atom. The van der Waals surface area contributed by atoms with E-state index >= 15 is 0 Å². The van der Waals surface area contributed by atoms with Gasteiger partial charge in [-0.25, -0.2) is 9.78 Å². The Balaban J connectivity index is 2.15. The molecular formula is C16H19N3O4. The molecule has 1 aromatic heterocycles. The second-order valence-corrected chi connectivity index (χ2v) is 5.78. The van der Waals surface area contributed by atoms with Crippen LogP contribution in [0.1, 0.15) is 23.7 Å². The number of fused-ring (bicyclic) bond motifs is 1. The summed E-state index contributed by atoms with van der Waals surface area (Å²) < 4.78 is 1.55.